The number of hydrogen-bond acceptors (Lipinski definition) is 2. The van der Waals surface area contributed by atoms with Crippen LogP contribution in [-0.4, -0.2) is 9.97 Å². The molecule has 0 N–H and O–H groups in total. The van der Waals surface area contributed by atoms with Gasteiger partial charge >= 0.3 is 0 Å². The first kappa shape index (κ1) is 10.5. The molecule has 0 atom stereocenters. The van der Waals surface area contributed by atoms with Crippen molar-refractivity contribution in [2.75, 3.05) is 0 Å². The molecule has 0 saturated heterocycles. The number of fused-ring (bicyclic) bond motifs is 1. The van der Waals surface area contributed by atoms with Gasteiger partial charge < -0.3 is 0 Å². The van der Waals surface area contributed by atoms with Gasteiger partial charge in [0.15, 0.2) is 0 Å². The van der Waals surface area contributed by atoms with Gasteiger partial charge in [-0.25, -0.2) is 0 Å². The molecule has 2 heterocycles. The summed E-state index contributed by atoms with van der Waals surface area (Å²) in [5.41, 5.74) is 6.81. The molecule has 0 bridgehead atoms. The summed E-state index contributed by atoms with van der Waals surface area (Å²) in [4.78, 5) is 8.72. The van der Waals surface area contributed by atoms with Gasteiger partial charge in [-0.3, -0.25) is 9.97 Å². The van der Waals surface area contributed by atoms with Gasteiger partial charge in [0, 0.05) is 29.8 Å². The van der Waals surface area contributed by atoms with E-state index in [0.29, 0.717) is 0 Å². The second kappa shape index (κ2) is 4.28. The number of hydrogen-bond donors (Lipinski definition) is 0. The summed E-state index contributed by atoms with van der Waals surface area (Å²) >= 11 is 0. The van der Waals surface area contributed by atoms with Crippen LogP contribution < -0.4 is 0 Å². The molecule has 0 radical (unpaired) electrons. The molecule has 0 unspecified atom stereocenters. The maximum atomic E-state index is 4.62. The van der Waals surface area contributed by atoms with Crippen molar-refractivity contribution < 1.29 is 0 Å². The van der Waals surface area contributed by atoms with E-state index in [4.69, 9.17) is 0 Å². The highest BCUT2D eigenvalue weighted by atomic mass is 14.7. The minimum Gasteiger partial charge on any atom is -0.265 e. The molecule has 2 aromatic heterocycles. The Morgan fingerprint density at radius 1 is 1.18 bits per heavy atom. The van der Waals surface area contributed by atoms with Crippen LogP contribution in [0.15, 0.2) is 30.7 Å². The first-order valence-corrected chi connectivity index (χ1v) is 6.30. The first-order chi connectivity index (χ1) is 8.40. The van der Waals surface area contributed by atoms with Crippen LogP contribution in [0.25, 0.3) is 11.1 Å². The standard InChI is InChI=1S/C15H16N2/c1-2-14-15(11-6-8-16-9-7-11)13-5-3-4-12(13)10-17-14/h6-10H,2-5H2,1H3. The van der Waals surface area contributed by atoms with Gasteiger partial charge in [-0.1, -0.05) is 6.92 Å². The molecule has 0 aliphatic heterocycles. The summed E-state index contributed by atoms with van der Waals surface area (Å²) in [5, 5.41) is 0. The second-order valence-corrected chi connectivity index (χ2v) is 4.53. The summed E-state index contributed by atoms with van der Waals surface area (Å²) in [7, 11) is 0. The molecule has 1 aliphatic rings. The van der Waals surface area contributed by atoms with Crippen LogP contribution in [0, 0.1) is 0 Å². The normalized spacial score (nSPS) is 13.7. The Hall–Kier alpha value is -1.70. The van der Waals surface area contributed by atoms with E-state index in [1.165, 1.54) is 47.2 Å². The molecule has 3 rings (SSSR count). The Morgan fingerprint density at radius 2 is 2.00 bits per heavy atom. The van der Waals surface area contributed by atoms with Gasteiger partial charge in [0.25, 0.3) is 0 Å². The molecule has 0 saturated carbocycles. The number of nitrogens with zero attached hydrogens (tertiary/aromatic N) is 2. The van der Waals surface area contributed by atoms with E-state index in [1.807, 2.05) is 12.4 Å². The third-order valence-electron chi connectivity index (χ3n) is 3.53. The molecule has 0 fully saturated rings. The third kappa shape index (κ3) is 1.74. The van der Waals surface area contributed by atoms with Gasteiger partial charge in [-0.05, 0) is 54.5 Å². The van der Waals surface area contributed by atoms with E-state index in [0.717, 1.165) is 6.42 Å². The summed E-state index contributed by atoms with van der Waals surface area (Å²) < 4.78 is 0. The maximum absolute atomic E-state index is 4.62. The molecule has 86 valence electrons. The quantitative estimate of drug-likeness (QED) is 0.783. The monoisotopic (exact) mass is 224 g/mol. The van der Waals surface area contributed by atoms with Crippen molar-refractivity contribution in [2.24, 2.45) is 0 Å². The molecule has 0 amide bonds. The lowest BCUT2D eigenvalue weighted by molar-refractivity contribution is 0.911. The Morgan fingerprint density at radius 3 is 2.76 bits per heavy atom. The van der Waals surface area contributed by atoms with Crippen molar-refractivity contribution in [2.45, 2.75) is 32.6 Å². The SMILES string of the molecule is CCc1ncc2c(c1-c1ccncc1)CCC2. The summed E-state index contributed by atoms with van der Waals surface area (Å²) in [6, 6.07) is 4.18. The zero-order chi connectivity index (χ0) is 11.7. The van der Waals surface area contributed by atoms with E-state index in [-0.39, 0.29) is 0 Å². The smallest absolute Gasteiger partial charge is 0.0482 e. The highest BCUT2D eigenvalue weighted by Crippen LogP contribution is 2.33. The minimum atomic E-state index is 0.991. The predicted octanol–water partition coefficient (Wildman–Crippen LogP) is 3.19. The van der Waals surface area contributed by atoms with Crippen molar-refractivity contribution >= 4 is 0 Å². The van der Waals surface area contributed by atoms with Crippen LogP contribution in [0.4, 0.5) is 0 Å². The highest BCUT2D eigenvalue weighted by molar-refractivity contribution is 5.71. The number of aromatic nitrogens is 2. The van der Waals surface area contributed by atoms with Crippen LogP contribution in [0.5, 0.6) is 0 Å². The summed E-state index contributed by atoms with van der Waals surface area (Å²) in [5.74, 6) is 0. The van der Waals surface area contributed by atoms with Crippen molar-refractivity contribution in [1.29, 1.82) is 0 Å². The van der Waals surface area contributed by atoms with Crippen molar-refractivity contribution in [3.05, 3.63) is 47.5 Å². The van der Waals surface area contributed by atoms with E-state index >= 15 is 0 Å². The third-order valence-corrected chi connectivity index (χ3v) is 3.53. The molecule has 0 aromatic carbocycles. The van der Waals surface area contributed by atoms with E-state index in [9.17, 15) is 0 Å². The Bertz CT molecular complexity index is 532. The Balaban J connectivity index is 2.24. The molecule has 0 spiro atoms. The van der Waals surface area contributed by atoms with Crippen LogP contribution in [0.3, 0.4) is 0 Å². The Labute approximate surface area is 102 Å². The van der Waals surface area contributed by atoms with E-state index < -0.39 is 0 Å². The lowest BCUT2D eigenvalue weighted by Crippen LogP contribution is -1.98. The van der Waals surface area contributed by atoms with Crippen molar-refractivity contribution in [3.8, 4) is 11.1 Å². The fraction of sp³-hybridized carbons (Fsp3) is 0.333. The minimum absolute atomic E-state index is 0.991. The fourth-order valence-corrected chi connectivity index (χ4v) is 2.72. The lowest BCUT2D eigenvalue weighted by atomic mass is 9.96. The van der Waals surface area contributed by atoms with Crippen LogP contribution in [-0.2, 0) is 19.3 Å². The van der Waals surface area contributed by atoms with Gasteiger partial charge in [0.1, 0.15) is 0 Å². The average Bonchev–Trinajstić information content (AvgIpc) is 2.86. The molecule has 2 nitrogen and oxygen atoms in total. The van der Waals surface area contributed by atoms with Crippen molar-refractivity contribution in [1.82, 2.24) is 9.97 Å². The molecule has 17 heavy (non-hydrogen) atoms. The van der Waals surface area contributed by atoms with Crippen LogP contribution in [0.1, 0.15) is 30.2 Å². The van der Waals surface area contributed by atoms with Gasteiger partial charge in [-0.2, -0.15) is 0 Å². The molecular formula is C15H16N2. The van der Waals surface area contributed by atoms with Gasteiger partial charge in [-0.15, -0.1) is 0 Å². The van der Waals surface area contributed by atoms with Gasteiger partial charge in [0.2, 0.25) is 0 Å². The summed E-state index contributed by atoms with van der Waals surface area (Å²) in [6.45, 7) is 2.17. The first-order valence-electron chi connectivity index (χ1n) is 6.30. The molecule has 2 heteroatoms. The molecular weight excluding hydrogens is 208 g/mol. The van der Waals surface area contributed by atoms with Crippen LogP contribution >= 0.6 is 0 Å². The van der Waals surface area contributed by atoms with Gasteiger partial charge in [0.05, 0.1) is 0 Å². The molecule has 2 aromatic rings. The van der Waals surface area contributed by atoms with Crippen LogP contribution in [0.2, 0.25) is 0 Å². The van der Waals surface area contributed by atoms with E-state index in [1.54, 1.807) is 0 Å². The fourth-order valence-electron chi connectivity index (χ4n) is 2.72. The Kier molecular flexibility index (Phi) is 2.63. The lowest BCUT2D eigenvalue weighted by Gasteiger charge is -2.12. The number of aryl methyl sites for hydroxylation is 2. The zero-order valence-corrected chi connectivity index (χ0v) is 10.1. The number of rotatable bonds is 2. The maximum Gasteiger partial charge on any atom is 0.0482 e. The van der Waals surface area contributed by atoms with E-state index in [2.05, 4.69) is 35.2 Å². The number of pyridine rings is 2. The molecule has 1 aliphatic carbocycles. The topological polar surface area (TPSA) is 25.8 Å². The highest BCUT2D eigenvalue weighted by Gasteiger charge is 2.19. The summed E-state index contributed by atoms with van der Waals surface area (Å²) in [6.07, 6.45) is 10.4. The second-order valence-electron chi connectivity index (χ2n) is 4.53. The average molecular weight is 224 g/mol. The largest absolute Gasteiger partial charge is 0.265 e. The zero-order valence-electron chi connectivity index (χ0n) is 10.1. The van der Waals surface area contributed by atoms with Crippen molar-refractivity contribution in [3.63, 3.8) is 0 Å². The predicted molar refractivity (Wildman–Crippen MR) is 68.9 cm³/mol.